The lowest BCUT2D eigenvalue weighted by atomic mass is 9.86. The number of para-hydroxylation sites is 1. The monoisotopic (exact) mass is 363 g/mol. The third-order valence-electron chi connectivity index (χ3n) is 3.85. The van der Waals surface area contributed by atoms with Gasteiger partial charge >= 0.3 is 0 Å². The first-order valence-electron chi connectivity index (χ1n) is 6.47. The van der Waals surface area contributed by atoms with Crippen molar-refractivity contribution < 1.29 is 24.5 Å². The van der Waals surface area contributed by atoms with Crippen molar-refractivity contribution in [2.45, 2.75) is 5.60 Å². The molecular formula is C15H10BrNO5. The van der Waals surface area contributed by atoms with Crippen LogP contribution in [-0.4, -0.2) is 22.9 Å². The first-order valence-corrected chi connectivity index (χ1v) is 7.27. The molecule has 0 radical (unpaired) electrons. The van der Waals surface area contributed by atoms with Crippen LogP contribution in [0.4, 0.5) is 5.69 Å². The molecule has 1 atom stereocenters. The Morgan fingerprint density at radius 3 is 2.68 bits per heavy atom. The van der Waals surface area contributed by atoms with Gasteiger partial charge in [0.25, 0.3) is 5.91 Å². The number of amides is 1. The fraction of sp³-hybridized carbons (Fsp3) is 0.133. The molecule has 0 spiro atoms. The number of phenols is 1. The minimum Gasteiger partial charge on any atom is -0.507 e. The van der Waals surface area contributed by atoms with Crippen molar-refractivity contribution in [3.63, 3.8) is 0 Å². The van der Waals surface area contributed by atoms with Gasteiger partial charge in [-0.05, 0) is 28.1 Å². The maximum Gasteiger partial charge on any atom is 0.266 e. The quantitative estimate of drug-likeness (QED) is 0.721. The van der Waals surface area contributed by atoms with Crippen molar-refractivity contribution in [2.24, 2.45) is 0 Å². The Balaban J connectivity index is 1.97. The van der Waals surface area contributed by atoms with E-state index in [1.165, 1.54) is 12.1 Å². The maximum atomic E-state index is 12.4. The molecule has 1 unspecified atom stereocenters. The average Bonchev–Trinajstić information content (AvgIpc) is 3.03. The highest BCUT2D eigenvalue weighted by Gasteiger charge is 2.49. The number of hydrogen-bond donors (Lipinski definition) is 3. The molecule has 4 rings (SSSR count). The zero-order valence-corrected chi connectivity index (χ0v) is 12.7. The number of phenolic OH excluding ortho intramolecular Hbond substituents is 1. The topological polar surface area (TPSA) is 88.0 Å². The van der Waals surface area contributed by atoms with Crippen LogP contribution in [-0.2, 0) is 10.4 Å². The van der Waals surface area contributed by atoms with Gasteiger partial charge in [-0.1, -0.05) is 12.1 Å². The largest absolute Gasteiger partial charge is 0.507 e. The molecule has 112 valence electrons. The third-order valence-corrected chi connectivity index (χ3v) is 4.51. The Morgan fingerprint density at radius 1 is 1.18 bits per heavy atom. The van der Waals surface area contributed by atoms with Gasteiger partial charge in [-0.25, -0.2) is 0 Å². The number of benzene rings is 2. The van der Waals surface area contributed by atoms with Gasteiger partial charge in [0.15, 0.2) is 17.1 Å². The number of aliphatic hydroxyl groups is 1. The summed E-state index contributed by atoms with van der Waals surface area (Å²) in [6, 6.07) is 7.84. The van der Waals surface area contributed by atoms with Crippen LogP contribution in [0.2, 0.25) is 0 Å². The third kappa shape index (κ3) is 1.60. The van der Waals surface area contributed by atoms with Crippen molar-refractivity contribution in [3.05, 3.63) is 45.9 Å². The lowest BCUT2D eigenvalue weighted by Crippen LogP contribution is -2.35. The van der Waals surface area contributed by atoms with Gasteiger partial charge in [-0.3, -0.25) is 4.79 Å². The van der Waals surface area contributed by atoms with E-state index in [9.17, 15) is 15.0 Å². The van der Waals surface area contributed by atoms with Crippen LogP contribution in [0.3, 0.4) is 0 Å². The highest BCUT2D eigenvalue weighted by molar-refractivity contribution is 9.10. The summed E-state index contributed by atoms with van der Waals surface area (Å²) >= 11 is 3.33. The molecule has 2 aliphatic rings. The molecule has 0 aromatic heterocycles. The predicted molar refractivity (Wildman–Crippen MR) is 80.0 cm³/mol. The molecule has 7 heteroatoms. The van der Waals surface area contributed by atoms with Gasteiger partial charge in [-0.15, -0.1) is 0 Å². The second-order valence-electron chi connectivity index (χ2n) is 5.05. The molecule has 0 aliphatic carbocycles. The van der Waals surface area contributed by atoms with Crippen LogP contribution >= 0.6 is 15.9 Å². The molecular weight excluding hydrogens is 354 g/mol. The van der Waals surface area contributed by atoms with E-state index < -0.39 is 11.5 Å². The number of halogens is 1. The van der Waals surface area contributed by atoms with E-state index in [1.54, 1.807) is 18.2 Å². The first kappa shape index (κ1) is 13.4. The zero-order chi connectivity index (χ0) is 15.5. The molecule has 0 fully saturated rings. The summed E-state index contributed by atoms with van der Waals surface area (Å²) < 4.78 is 11.1. The van der Waals surface area contributed by atoms with Crippen molar-refractivity contribution in [1.82, 2.24) is 0 Å². The van der Waals surface area contributed by atoms with Crippen LogP contribution in [0, 0.1) is 0 Å². The van der Waals surface area contributed by atoms with E-state index in [0.29, 0.717) is 27.2 Å². The molecule has 2 aromatic rings. The van der Waals surface area contributed by atoms with Crippen molar-refractivity contribution >= 4 is 27.5 Å². The number of fused-ring (bicyclic) bond motifs is 2. The summed E-state index contributed by atoms with van der Waals surface area (Å²) in [6.07, 6.45) is 0. The lowest BCUT2D eigenvalue weighted by Gasteiger charge is -2.22. The highest BCUT2D eigenvalue weighted by Crippen LogP contribution is 2.49. The van der Waals surface area contributed by atoms with Crippen LogP contribution in [0.25, 0.3) is 0 Å². The van der Waals surface area contributed by atoms with E-state index in [0.717, 1.165) is 0 Å². The van der Waals surface area contributed by atoms with E-state index >= 15 is 0 Å². The minimum atomic E-state index is -2.00. The van der Waals surface area contributed by atoms with Gasteiger partial charge in [0.2, 0.25) is 6.79 Å². The fourth-order valence-electron chi connectivity index (χ4n) is 2.77. The molecule has 2 heterocycles. The van der Waals surface area contributed by atoms with Gasteiger partial charge in [0.1, 0.15) is 5.75 Å². The Morgan fingerprint density at radius 2 is 1.91 bits per heavy atom. The number of nitrogens with one attached hydrogen (secondary N) is 1. The minimum absolute atomic E-state index is 0.0327. The van der Waals surface area contributed by atoms with E-state index in [-0.39, 0.29) is 18.1 Å². The summed E-state index contributed by atoms with van der Waals surface area (Å²) in [5.41, 5.74) is -1.11. The molecule has 0 saturated heterocycles. The summed E-state index contributed by atoms with van der Waals surface area (Å²) in [5.74, 6) is -0.131. The number of anilines is 1. The summed E-state index contributed by atoms with van der Waals surface area (Å²) in [5, 5.41) is 23.9. The normalized spacial score (nSPS) is 21.6. The molecule has 3 N–H and O–H groups in total. The van der Waals surface area contributed by atoms with E-state index in [4.69, 9.17) is 9.47 Å². The standard InChI is InChI=1S/C15H10BrNO5/c16-9-3-1-2-7-13(9)17-14(19)15(7,20)8-4-11-12(5-10(8)18)22-6-21-11/h1-5,18,20H,6H2,(H,17,19). The van der Waals surface area contributed by atoms with Crippen molar-refractivity contribution in [3.8, 4) is 17.2 Å². The Kier molecular flexibility index (Phi) is 2.67. The predicted octanol–water partition coefficient (Wildman–Crippen LogP) is 2.07. The number of aromatic hydroxyl groups is 1. The van der Waals surface area contributed by atoms with Gasteiger partial charge in [-0.2, -0.15) is 0 Å². The van der Waals surface area contributed by atoms with Gasteiger partial charge in [0.05, 0.1) is 5.69 Å². The van der Waals surface area contributed by atoms with Crippen molar-refractivity contribution in [1.29, 1.82) is 0 Å². The SMILES string of the molecule is O=C1Nc2c(Br)cccc2C1(O)c1cc2c(cc1O)OCO2. The first-order chi connectivity index (χ1) is 10.5. The molecule has 1 amide bonds. The van der Waals surface area contributed by atoms with Crippen LogP contribution < -0.4 is 14.8 Å². The molecule has 22 heavy (non-hydrogen) atoms. The molecule has 2 aliphatic heterocycles. The summed E-state index contributed by atoms with van der Waals surface area (Å²) in [7, 11) is 0. The van der Waals surface area contributed by atoms with Gasteiger partial charge < -0.3 is 25.0 Å². The van der Waals surface area contributed by atoms with E-state index in [1.807, 2.05) is 0 Å². The maximum absolute atomic E-state index is 12.4. The summed E-state index contributed by atoms with van der Waals surface area (Å²) in [4.78, 5) is 12.4. The highest BCUT2D eigenvalue weighted by atomic mass is 79.9. The average molecular weight is 364 g/mol. The summed E-state index contributed by atoms with van der Waals surface area (Å²) in [6.45, 7) is 0.0327. The lowest BCUT2D eigenvalue weighted by molar-refractivity contribution is -0.129. The Hall–Kier alpha value is -2.25. The number of ether oxygens (including phenoxy) is 2. The van der Waals surface area contributed by atoms with E-state index in [2.05, 4.69) is 21.2 Å². The number of carbonyl (C=O) groups excluding carboxylic acids is 1. The molecule has 0 saturated carbocycles. The molecule has 6 nitrogen and oxygen atoms in total. The smallest absolute Gasteiger partial charge is 0.266 e. The Bertz CT molecular complexity index is 822. The number of hydrogen-bond acceptors (Lipinski definition) is 5. The molecule has 0 bridgehead atoms. The fourth-order valence-corrected chi connectivity index (χ4v) is 3.23. The second-order valence-corrected chi connectivity index (χ2v) is 5.90. The second kappa shape index (κ2) is 4.37. The zero-order valence-electron chi connectivity index (χ0n) is 11.1. The Labute approximate surface area is 133 Å². The van der Waals surface area contributed by atoms with Crippen molar-refractivity contribution in [2.75, 3.05) is 12.1 Å². The van der Waals surface area contributed by atoms with Gasteiger partial charge in [0, 0.05) is 21.7 Å². The van der Waals surface area contributed by atoms with Crippen LogP contribution in [0.15, 0.2) is 34.8 Å². The van der Waals surface area contributed by atoms with Crippen LogP contribution in [0.1, 0.15) is 11.1 Å². The van der Waals surface area contributed by atoms with Crippen LogP contribution in [0.5, 0.6) is 17.2 Å². The molecule has 2 aromatic carbocycles. The number of rotatable bonds is 1. The number of carbonyl (C=O) groups is 1.